The van der Waals surface area contributed by atoms with Gasteiger partial charge in [0.15, 0.2) is 17.3 Å². The first-order valence-electron chi connectivity index (χ1n) is 11.5. The third-order valence-corrected chi connectivity index (χ3v) is 5.88. The Hall–Kier alpha value is -4.14. The monoisotopic (exact) mass is 494 g/mol. The van der Waals surface area contributed by atoms with Crippen LogP contribution >= 0.6 is 0 Å². The number of aliphatic hydroxyl groups excluding tert-OH is 1. The summed E-state index contributed by atoms with van der Waals surface area (Å²) in [4.78, 5) is 27.5. The lowest BCUT2D eigenvalue weighted by Gasteiger charge is -2.24. The Labute approximate surface area is 207 Å². The lowest BCUT2D eigenvalue weighted by Crippen LogP contribution is -2.29. The van der Waals surface area contributed by atoms with Crippen LogP contribution < -0.4 is 14.4 Å². The Morgan fingerprint density at radius 1 is 1.14 bits per heavy atom. The van der Waals surface area contributed by atoms with Crippen LogP contribution in [0.15, 0.2) is 58.6 Å². The first-order valence-corrected chi connectivity index (χ1v) is 11.5. The molecule has 1 amide bonds. The van der Waals surface area contributed by atoms with Crippen LogP contribution in [-0.2, 0) is 9.59 Å². The number of methoxy groups -OCH3 is 1. The molecule has 9 heteroatoms. The lowest BCUT2D eigenvalue weighted by atomic mass is 9.95. The van der Waals surface area contributed by atoms with E-state index in [0.29, 0.717) is 35.3 Å². The summed E-state index contributed by atoms with van der Waals surface area (Å²) in [6, 6.07) is 10.5. The van der Waals surface area contributed by atoms with Gasteiger partial charge >= 0.3 is 5.91 Å². The molecule has 0 aliphatic carbocycles. The van der Waals surface area contributed by atoms with Gasteiger partial charge in [-0.05, 0) is 61.2 Å². The molecule has 1 aromatic heterocycles. The van der Waals surface area contributed by atoms with Crippen molar-refractivity contribution in [2.24, 2.45) is 5.92 Å². The Bertz CT molecular complexity index is 1310. The van der Waals surface area contributed by atoms with Crippen molar-refractivity contribution in [3.8, 4) is 11.5 Å². The van der Waals surface area contributed by atoms with Crippen LogP contribution in [0, 0.1) is 18.7 Å². The fourth-order valence-corrected chi connectivity index (χ4v) is 3.99. The van der Waals surface area contributed by atoms with Gasteiger partial charge in [-0.1, -0.05) is 25.1 Å². The Morgan fingerprint density at radius 3 is 2.47 bits per heavy atom. The fraction of sp³-hybridized carbons (Fsp3) is 0.296. The molecule has 1 aliphatic rings. The summed E-state index contributed by atoms with van der Waals surface area (Å²) < 4.78 is 30.0. The maximum atomic E-state index is 13.5. The van der Waals surface area contributed by atoms with Crippen molar-refractivity contribution >= 4 is 23.3 Å². The predicted molar refractivity (Wildman–Crippen MR) is 130 cm³/mol. The topological polar surface area (TPSA) is 102 Å². The predicted octanol–water partition coefficient (Wildman–Crippen LogP) is 5.18. The zero-order valence-corrected chi connectivity index (χ0v) is 20.4. The number of benzene rings is 2. The van der Waals surface area contributed by atoms with Crippen molar-refractivity contribution in [2.75, 3.05) is 18.6 Å². The van der Waals surface area contributed by atoms with Gasteiger partial charge in [0.2, 0.25) is 0 Å². The minimum Gasteiger partial charge on any atom is -0.507 e. The van der Waals surface area contributed by atoms with E-state index >= 15 is 0 Å². The molecule has 0 bridgehead atoms. The number of amides is 1. The van der Waals surface area contributed by atoms with Crippen molar-refractivity contribution in [2.45, 2.75) is 33.2 Å². The minimum absolute atomic E-state index is 0.119. The summed E-state index contributed by atoms with van der Waals surface area (Å²) in [6.07, 6.45) is 0.855. The molecule has 1 unspecified atom stereocenters. The number of Topliss-reactive ketones (excluding diaryl/α,β-unsaturated/α-hetero) is 1. The van der Waals surface area contributed by atoms with Crippen molar-refractivity contribution in [3.05, 3.63) is 76.8 Å². The Balaban J connectivity index is 1.84. The molecule has 36 heavy (non-hydrogen) atoms. The van der Waals surface area contributed by atoms with Crippen molar-refractivity contribution in [1.29, 1.82) is 0 Å². The molecule has 1 atom stereocenters. The molecule has 188 valence electrons. The molecule has 1 aliphatic heterocycles. The third-order valence-electron chi connectivity index (χ3n) is 5.88. The second-order valence-electron chi connectivity index (χ2n) is 8.91. The lowest BCUT2D eigenvalue weighted by molar-refractivity contribution is -0.132. The highest BCUT2D eigenvalue weighted by Gasteiger charge is 2.48. The Morgan fingerprint density at radius 2 is 1.86 bits per heavy atom. The molecule has 0 spiro atoms. The molecule has 2 heterocycles. The summed E-state index contributed by atoms with van der Waals surface area (Å²) in [5.41, 5.74) is 0.505. The SMILES string of the molecule is COc1cc(C2/C(=C(/O)c3ccc(F)cc3)C(=O)C(=O)N2c2cc(C)on2)ccc1OCCC(C)C. The van der Waals surface area contributed by atoms with Crippen LogP contribution in [0.4, 0.5) is 10.2 Å². The van der Waals surface area contributed by atoms with Gasteiger partial charge in [-0.15, -0.1) is 0 Å². The molecule has 4 rings (SSSR count). The maximum absolute atomic E-state index is 13.5. The normalized spacial score (nSPS) is 17.2. The highest BCUT2D eigenvalue weighted by Crippen LogP contribution is 2.44. The van der Waals surface area contributed by atoms with E-state index in [1.54, 1.807) is 25.1 Å². The van der Waals surface area contributed by atoms with Gasteiger partial charge in [-0.3, -0.25) is 14.5 Å². The van der Waals surface area contributed by atoms with Crippen LogP contribution in [0.2, 0.25) is 0 Å². The summed E-state index contributed by atoms with van der Waals surface area (Å²) >= 11 is 0. The molecular formula is C27H27FN2O6. The van der Waals surface area contributed by atoms with Crippen molar-refractivity contribution < 1.29 is 33.1 Å². The Kier molecular flexibility index (Phi) is 7.10. The number of hydrogen-bond acceptors (Lipinski definition) is 7. The number of halogens is 1. The van der Waals surface area contributed by atoms with Crippen LogP contribution in [0.25, 0.3) is 5.76 Å². The second kappa shape index (κ2) is 10.2. The quantitative estimate of drug-likeness (QED) is 0.261. The molecule has 1 saturated heterocycles. The average Bonchev–Trinajstić information content (AvgIpc) is 3.39. The fourth-order valence-electron chi connectivity index (χ4n) is 3.99. The van der Waals surface area contributed by atoms with E-state index in [1.807, 2.05) is 0 Å². The van der Waals surface area contributed by atoms with Gasteiger partial charge in [0, 0.05) is 11.6 Å². The number of anilines is 1. The number of aliphatic hydroxyl groups is 1. The average molecular weight is 495 g/mol. The van der Waals surface area contributed by atoms with Gasteiger partial charge in [0.25, 0.3) is 5.78 Å². The number of aryl methyl sites for hydroxylation is 1. The number of aromatic nitrogens is 1. The number of hydrogen-bond donors (Lipinski definition) is 1. The largest absolute Gasteiger partial charge is 0.507 e. The molecule has 1 fully saturated rings. The van der Waals surface area contributed by atoms with Crippen LogP contribution in [-0.4, -0.2) is 35.7 Å². The summed E-state index contributed by atoms with van der Waals surface area (Å²) in [7, 11) is 1.49. The van der Waals surface area contributed by atoms with E-state index in [2.05, 4.69) is 19.0 Å². The number of ether oxygens (including phenoxy) is 2. The first-order chi connectivity index (χ1) is 17.2. The summed E-state index contributed by atoms with van der Waals surface area (Å²) in [5.74, 6) is -0.782. The molecule has 8 nitrogen and oxygen atoms in total. The molecule has 1 N–H and O–H groups in total. The van der Waals surface area contributed by atoms with Crippen LogP contribution in [0.5, 0.6) is 11.5 Å². The van der Waals surface area contributed by atoms with E-state index in [0.717, 1.165) is 18.6 Å². The van der Waals surface area contributed by atoms with E-state index in [9.17, 15) is 19.1 Å². The van der Waals surface area contributed by atoms with E-state index in [4.69, 9.17) is 14.0 Å². The summed E-state index contributed by atoms with van der Waals surface area (Å²) in [6.45, 7) is 6.35. The minimum atomic E-state index is -1.04. The highest BCUT2D eigenvalue weighted by molar-refractivity contribution is 6.51. The van der Waals surface area contributed by atoms with Gasteiger partial charge < -0.3 is 19.1 Å². The van der Waals surface area contributed by atoms with Gasteiger partial charge in [0.1, 0.15) is 17.3 Å². The third kappa shape index (κ3) is 4.82. The zero-order chi connectivity index (χ0) is 26.0. The highest BCUT2D eigenvalue weighted by atomic mass is 19.1. The van der Waals surface area contributed by atoms with E-state index < -0.39 is 29.3 Å². The van der Waals surface area contributed by atoms with Crippen molar-refractivity contribution in [1.82, 2.24) is 5.16 Å². The number of ketones is 1. The first kappa shape index (κ1) is 25.0. The van der Waals surface area contributed by atoms with Gasteiger partial charge in [-0.25, -0.2) is 4.39 Å². The van der Waals surface area contributed by atoms with Crippen molar-refractivity contribution in [3.63, 3.8) is 0 Å². The van der Waals surface area contributed by atoms with Crippen LogP contribution in [0.3, 0.4) is 0 Å². The molecule has 3 aromatic rings. The summed E-state index contributed by atoms with van der Waals surface area (Å²) in [5, 5.41) is 15.0. The number of carbonyl (C=O) groups excluding carboxylic acids is 2. The van der Waals surface area contributed by atoms with Gasteiger partial charge in [0.05, 0.1) is 25.3 Å². The number of rotatable bonds is 8. The smallest absolute Gasteiger partial charge is 0.301 e. The second-order valence-corrected chi connectivity index (χ2v) is 8.91. The number of carbonyl (C=O) groups is 2. The zero-order valence-electron chi connectivity index (χ0n) is 20.4. The maximum Gasteiger partial charge on any atom is 0.301 e. The standard InChI is InChI=1S/C27H27FN2O6/c1-15(2)11-12-35-20-10-7-18(14-21(20)34-4)24-23(25(31)17-5-8-19(28)9-6-17)26(32)27(33)30(24)22-13-16(3)36-29-22/h5-10,13-15,24,31H,11-12H2,1-4H3/b25-23-. The molecular weight excluding hydrogens is 467 g/mol. The molecule has 2 aromatic carbocycles. The molecule has 0 radical (unpaired) electrons. The van der Waals surface area contributed by atoms with E-state index in [-0.39, 0.29) is 17.0 Å². The van der Waals surface area contributed by atoms with E-state index in [1.165, 1.54) is 30.2 Å². The van der Waals surface area contributed by atoms with Crippen LogP contribution in [0.1, 0.15) is 43.2 Å². The van der Waals surface area contributed by atoms with Gasteiger partial charge in [-0.2, -0.15) is 0 Å². The molecule has 0 saturated carbocycles. The number of nitrogens with zero attached hydrogens (tertiary/aromatic N) is 2.